The summed E-state index contributed by atoms with van der Waals surface area (Å²) in [4.78, 5) is 13.9. The van der Waals surface area contributed by atoms with Crippen molar-refractivity contribution < 1.29 is 9.18 Å². The second-order valence-corrected chi connectivity index (χ2v) is 5.55. The zero-order valence-electron chi connectivity index (χ0n) is 11.7. The zero-order valence-corrected chi connectivity index (χ0v) is 11.7. The molecule has 0 aliphatic carbocycles. The lowest BCUT2D eigenvalue weighted by Gasteiger charge is -2.42. The molecule has 1 aromatic carbocycles. The summed E-state index contributed by atoms with van der Waals surface area (Å²) in [5.41, 5.74) is 7.72. The van der Waals surface area contributed by atoms with Gasteiger partial charge in [-0.1, -0.05) is 12.1 Å². The van der Waals surface area contributed by atoms with Gasteiger partial charge >= 0.3 is 0 Å². The number of hydrogen-bond donors (Lipinski definition) is 1. The van der Waals surface area contributed by atoms with Crippen molar-refractivity contribution in [3.8, 4) is 0 Å². The van der Waals surface area contributed by atoms with E-state index in [-0.39, 0.29) is 29.8 Å². The first-order chi connectivity index (χ1) is 8.91. The van der Waals surface area contributed by atoms with Crippen LogP contribution < -0.4 is 5.73 Å². The Bertz CT molecular complexity index is 487. The number of nitrogens with two attached hydrogens (primary N) is 1. The van der Waals surface area contributed by atoms with Crippen LogP contribution in [0.2, 0.25) is 0 Å². The minimum Gasteiger partial charge on any atom is -0.332 e. The van der Waals surface area contributed by atoms with E-state index in [2.05, 4.69) is 0 Å². The van der Waals surface area contributed by atoms with Crippen LogP contribution in [0.3, 0.4) is 0 Å². The summed E-state index contributed by atoms with van der Waals surface area (Å²) in [6.45, 7) is 5.70. The number of halogens is 1. The minimum absolute atomic E-state index is 0.0919. The maximum Gasteiger partial charge on any atom is 0.223 e. The van der Waals surface area contributed by atoms with Crippen LogP contribution >= 0.6 is 0 Å². The highest BCUT2D eigenvalue weighted by Crippen LogP contribution is 2.33. The van der Waals surface area contributed by atoms with Crippen LogP contribution in [0.1, 0.15) is 43.9 Å². The van der Waals surface area contributed by atoms with Crippen LogP contribution in [0.4, 0.5) is 4.39 Å². The van der Waals surface area contributed by atoms with Crippen LogP contribution in [0.5, 0.6) is 0 Å². The third kappa shape index (κ3) is 2.63. The summed E-state index contributed by atoms with van der Waals surface area (Å²) in [5.74, 6) is -0.0979. The average molecular weight is 264 g/mol. The van der Waals surface area contributed by atoms with Crippen molar-refractivity contribution in [2.24, 2.45) is 5.73 Å². The second-order valence-electron chi connectivity index (χ2n) is 5.55. The highest BCUT2D eigenvalue weighted by Gasteiger charge is 2.36. The van der Waals surface area contributed by atoms with E-state index in [0.717, 1.165) is 5.56 Å². The first kappa shape index (κ1) is 14.0. The molecule has 1 aliphatic rings. The van der Waals surface area contributed by atoms with Crippen molar-refractivity contribution >= 4 is 5.91 Å². The highest BCUT2D eigenvalue weighted by molar-refractivity contribution is 5.78. The zero-order chi connectivity index (χ0) is 14.2. The number of aryl methyl sites for hydroxylation is 1. The molecule has 1 fully saturated rings. The van der Waals surface area contributed by atoms with Gasteiger partial charge < -0.3 is 10.6 Å². The molecule has 1 heterocycles. The predicted octanol–water partition coefficient (Wildman–Crippen LogP) is 2.53. The number of piperidine rings is 1. The second kappa shape index (κ2) is 5.29. The van der Waals surface area contributed by atoms with E-state index in [4.69, 9.17) is 5.73 Å². The molecule has 1 amide bonds. The Kier molecular flexibility index (Phi) is 3.90. The number of rotatable bonds is 2. The third-order valence-corrected chi connectivity index (χ3v) is 3.76. The Hall–Kier alpha value is -1.42. The lowest BCUT2D eigenvalue weighted by molar-refractivity contribution is -0.139. The first-order valence-corrected chi connectivity index (χ1v) is 6.74. The monoisotopic (exact) mass is 264 g/mol. The molecule has 1 saturated heterocycles. The fraction of sp³-hybridized carbons (Fsp3) is 0.533. The summed E-state index contributed by atoms with van der Waals surface area (Å²) >= 11 is 0. The maximum atomic E-state index is 13.4. The van der Waals surface area contributed by atoms with E-state index >= 15 is 0 Å². The topological polar surface area (TPSA) is 46.3 Å². The number of likely N-dealkylation sites (tertiary alicyclic amines) is 1. The van der Waals surface area contributed by atoms with E-state index < -0.39 is 0 Å². The number of carbonyl (C=O) groups excluding carboxylic acids is 1. The van der Waals surface area contributed by atoms with Gasteiger partial charge in [0.2, 0.25) is 5.91 Å². The van der Waals surface area contributed by atoms with Gasteiger partial charge in [0.25, 0.3) is 0 Å². The van der Waals surface area contributed by atoms with Crippen molar-refractivity contribution in [3.05, 3.63) is 35.1 Å². The fourth-order valence-electron chi connectivity index (χ4n) is 2.81. The normalized spacial score (nSPS) is 24.1. The Morgan fingerprint density at radius 3 is 2.68 bits per heavy atom. The van der Waals surface area contributed by atoms with Crippen molar-refractivity contribution in [2.45, 2.75) is 51.7 Å². The molecule has 19 heavy (non-hydrogen) atoms. The molecule has 1 aromatic rings. The number of amides is 1. The SMILES string of the molecule is Cc1cc(C2C(N)CCC(=O)N2C(C)C)ccc1F. The van der Waals surface area contributed by atoms with Gasteiger partial charge in [-0.25, -0.2) is 4.39 Å². The largest absolute Gasteiger partial charge is 0.332 e. The predicted molar refractivity (Wildman–Crippen MR) is 73.1 cm³/mol. The van der Waals surface area contributed by atoms with Crippen LogP contribution in [-0.4, -0.2) is 22.9 Å². The van der Waals surface area contributed by atoms with E-state index in [9.17, 15) is 9.18 Å². The number of hydrogen-bond acceptors (Lipinski definition) is 2. The number of carbonyl (C=O) groups is 1. The molecule has 0 saturated carbocycles. The molecule has 2 N–H and O–H groups in total. The van der Waals surface area contributed by atoms with Crippen LogP contribution in [0.15, 0.2) is 18.2 Å². The molecular weight excluding hydrogens is 243 g/mol. The summed E-state index contributed by atoms with van der Waals surface area (Å²) in [6, 6.07) is 4.84. The minimum atomic E-state index is -0.226. The number of benzene rings is 1. The van der Waals surface area contributed by atoms with Gasteiger partial charge in [-0.05, 0) is 44.4 Å². The molecule has 2 rings (SSSR count). The fourth-order valence-corrected chi connectivity index (χ4v) is 2.81. The molecule has 3 nitrogen and oxygen atoms in total. The Labute approximate surface area is 113 Å². The summed E-state index contributed by atoms with van der Waals surface area (Å²) in [7, 11) is 0. The molecule has 0 aromatic heterocycles. The molecule has 0 bridgehead atoms. The molecule has 0 spiro atoms. The molecule has 104 valence electrons. The van der Waals surface area contributed by atoms with Crippen LogP contribution in [-0.2, 0) is 4.79 Å². The third-order valence-electron chi connectivity index (χ3n) is 3.76. The van der Waals surface area contributed by atoms with Crippen molar-refractivity contribution in [1.29, 1.82) is 0 Å². The maximum absolute atomic E-state index is 13.4. The number of nitrogens with zero attached hydrogens (tertiary/aromatic N) is 1. The van der Waals surface area contributed by atoms with Gasteiger partial charge in [0, 0.05) is 18.5 Å². The molecule has 1 aliphatic heterocycles. The van der Waals surface area contributed by atoms with E-state index in [1.54, 1.807) is 19.1 Å². The highest BCUT2D eigenvalue weighted by atomic mass is 19.1. The summed E-state index contributed by atoms with van der Waals surface area (Å²) in [6.07, 6.45) is 1.18. The van der Waals surface area contributed by atoms with Crippen LogP contribution in [0.25, 0.3) is 0 Å². The molecular formula is C15H21FN2O. The van der Waals surface area contributed by atoms with Gasteiger partial charge in [0.1, 0.15) is 5.82 Å². The smallest absolute Gasteiger partial charge is 0.223 e. The van der Waals surface area contributed by atoms with Crippen LogP contribution in [0, 0.1) is 12.7 Å². The summed E-state index contributed by atoms with van der Waals surface area (Å²) < 4.78 is 13.4. The van der Waals surface area contributed by atoms with E-state index in [1.807, 2.05) is 18.7 Å². The molecule has 4 heteroatoms. The Morgan fingerprint density at radius 2 is 2.11 bits per heavy atom. The first-order valence-electron chi connectivity index (χ1n) is 6.74. The molecule has 2 atom stereocenters. The van der Waals surface area contributed by atoms with Gasteiger partial charge in [-0.3, -0.25) is 4.79 Å². The van der Waals surface area contributed by atoms with Gasteiger partial charge in [-0.15, -0.1) is 0 Å². The van der Waals surface area contributed by atoms with E-state index in [0.29, 0.717) is 18.4 Å². The van der Waals surface area contributed by atoms with E-state index in [1.165, 1.54) is 6.07 Å². The molecule has 0 radical (unpaired) electrons. The molecule has 2 unspecified atom stereocenters. The lowest BCUT2D eigenvalue weighted by Crippen LogP contribution is -2.51. The van der Waals surface area contributed by atoms with Crippen molar-refractivity contribution in [3.63, 3.8) is 0 Å². The Morgan fingerprint density at radius 1 is 1.42 bits per heavy atom. The van der Waals surface area contributed by atoms with Crippen molar-refractivity contribution in [1.82, 2.24) is 4.90 Å². The lowest BCUT2D eigenvalue weighted by atomic mass is 9.89. The van der Waals surface area contributed by atoms with Gasteiger partial charge in [-0.2, -0.15) is 0 Å². The quantitative estimate of drug-likeness (QED) is 0.892. The average Bonchev–Trinajstić information content (AvgIpc) is 2.35. The Balaban J connectivity index is 2.42. The van der Waals surface area contributed by atoms with Gasteiger partial charge in [0.15, 0.2) is 0 Å². The summed E-state index contributed by atoms with van der Waals surface area (Å²) in [5, 5.41) is 0. The standard InChI is InChI=1S/C15H21FN2O/c1-9(2)18-14(19)7-6-13(17)15(18)11-4-5-12(16)10(3)8-11/h4-5,8-9,13,15H,6-7,17H2,1-3H3. The van der Waals surface area contributed by atoms with Gasteiger partial charge in [0.05, 0.1) is 6.04 Å². The van der Waals surface area contributed by atoms with Crippen molar-refractivity contribution in [2.75, 3.05) is 0 Å².